The summed E-state index contributed by atoms with van der Waals surface area (Å²) in [5, 5.41) is 0. The van der Waals surface area contributed by atoms with Crippen LogP contribution in [0.25, 0.3) is 0 Å². The van der Waals surface area contributed by atoms with Crippen molar-refractivity contribution >= 4 is 5.78 Å². The van der Waals surface area contributed by atoms with Crippen molar-refractivity contribution < 1.29 is 9.53 Å². The lowest BCUT2D eigenvalue weighted by Gasteiger charge is -2.54. The monoisotopic (exact) mass is 327 g/mol. The van der Waals surface area contributed by atoms with Crippen molar-refractivity contribution in [3.63, 3.8) is 0 Å². The van der Waals surface area contributed by atoms with E-state index in [0.29, 0.717) is 23.7 Å². The number of benzene rings is 1. The van der Waals surface area contributed by atoms with E-state index in [1.807, 2.05) is 12.1 Å². The summed E-state index contributed by atoms with van der Waals surface area (Å²) in [6.45, 7) is 1.18. The maximum absolute atomic E-state index is 12.9. The highest BCUT2D eigenvalue weighted by atomic mass is 16.5. The minimum atomic E-state index is 0.231. The molecule has 2 aliphatic carbocycles. The average Bonchev–Trinajstić information content (AvgIpc) is 2.61. The summed E-state index contributed by atoms with van der Waals surface area (Å²) in [4.78, 5) is 15.5. The van der Waals surface area contributed by atoms with E-state index in [1.54, 1.807) is 7.11 Å². The summed E-state index contributed by atoms with van der Waals surface area (Å²) in [7, 11) is 3.99. The maximum atomic E-state index is 12.9. The van der Waals surface area contributed by atoms with Crippen LogP contribution in [0.4, 0.5) is 0 Å². The smallest absolute Gasteiger partial charge is 0.136 e. The molecular weight excluding hydrogens is 298 g/mol. The SMILES string of the molecule is COc1ccc(C[C@H]2C(=O)C[C@@H]3CCN(C)[C@@H]4CCC[C@H]2[C@@H]34)cc1. The van der Waals surface area contributed by atoms with Crippen LogP contribution in [0, 0.1) is 23.7 Å². The largest absolute Gasteiger partial charge is 0.497 e. The lowest BCUT2D eigenvalue weighted by Crippen LogP contribution is -2.57. The van der Waals surface area contributed by atoms with Crippen LogP contribution in [-0.2, 0) is 11.2 Å². The predicted molar refractivity (Wildman–Crippen MR) is 95.2 cm³/mol. The second-order valence-corrected chi connectivity index (χ2v) is 8.10. The fourth-order valence-corrected chi connectivity index (χ4v) is 5.78. The van der Waals surface area contributed by atoms with E-state index in [2.05, 4.69) is 24.1 Å². The molecule has 130 valence electrons. The Kier molecular flexibility index (Phi) is 4.38. The van der Waals surface area contributed by atoms with Gasteiger partial charge in [-0.05, 0) is 74.7 Å². The highest BCUT2D eigenvalue weighted by Crippen LogP contribution is 2.50. The number of hydrogen-bond acceptors (Lipinski definition) is 3. The molecule has 1 aliphatic heterocycles. The molecule has 4 rings (SSSR count). The number of likely N-dealkylation sites (tertiary alicyclic amines) is 1. The van der Waals surface area contributed by atoms with Gasteiger partial charge in [-0.1, -0.05) is 18.6 Å². The summed E-state index contributed by atoms with van der Waals surface area (Å²) in [5.74, 6) is 3.64. The Balaban J connectivity index is 1.57. The predicted octanol–water partition coefficient (Wildman–Crippen LogP) is 3.56. The van der Waals surface area contributed by atoms with Gasteiger partial charge < -0.3 is 9.64 Å². The van der Waals surface area contributed by atoms with Crippen LogP contribution in [0.3, 0.4) is 0 Å². The molecule has 0 spiro atoms. The Hall–Kier alpha value is -1.35. The zero-order valence-corrected chi connectivity index (χ0v) is 14.9. The van der Waals surface area contributed by atoms with Crippen LogP contribution in [0.15, 0.2) is 24.3 Å². The van der Waals surface area contributed by atoms with E-state index in [1.165, 1.54) is 37.8 Å². The molecular formula is C21H29NO2. The highest BCUT2D eigenvalue weighted by Gasteiger charge is 2.50. The number of nitrogens with zero attached hydrogens (tertiary/aromatic N) is 1. The number of piperidine rings is 1. The first kappa shape index (κ1) is 16.1. The van der Waals surface area contributed by atoms with Crippen LogP contribution in [-0.4, -0.2) is 37.4 Å². The zero-order chi connectivity index (χ0) is 16.7. The Morgan fingerprint density at radius 3 is 2.71 bits per heavy atom. The van der Waals surface area contributed by atoms with Crippen molar-refractivity contribution in [1.29, 1.82) is 0 Å². The normalized spacial score (nSPS) is 36.2. The number of rotatable bonds is 3. The van der Waals surface area contributed by atoms with Gasteiger partial charge in [0, 0.05) is 18.4 Å². The average molecular weight is 327 g/mol. The molecule has 3 nitrogen and oxygen atoms in total. The molecule has 5 atom stereocenters. The van der Waals surface area contributed by atoms with E-state index in [4.69, 9.17) is 4.74 Å². The third-order valence-electron chi connectivity index (χ3n) is 6.95. The van der Waals surface area contributed by atoms with E-state index in [9.17, 15) is 4.79 Å². The topological polar surface area (TPSA) is 29.5 Å². The third-order valence-corrected chi connectivity index (χ3v) is 6.95. The molecule has 0 amide bonds. The maximum Gasteiger partial charge on any atom is 0.136 e. The Morgan fingerprint density at radius 1 is 1.17 bits per heavy atom. The number of ether oxygens (including phenoxy) is 1. The second kappa shape index (κ2) is 6.51. The summed E-state index contributed by atoms with van der Waals surface area (Å²) in [5.41, 5.74) is 1.28. The molecule has 3 heteroatoms. The molecule has 3 aliphatic rings. The Bertz CT molecular complexity index is 596. The van der Waals surface area contributed by atoms with Gasteiger partial charge in [-0.3, -0.25) is 4.79 Å². The third kappa shape index (κ3) is 2.77. The van der Waals surface area contributed by atoms with Gasteiger partial charge in [0.1, 0.15) is 11.5 Å². The molecule has 3 fully saturated rings. The van der Waals surface area contributed by atoms with Gasteiger partial charge in [0.2, 0.25) is 0 Å². The van der Waals surface area contributed by atoms with Crippen molar-refractivity contribution in [2.24, 2.45) is 23.7 Å². The van der Waals surface area contributed by atoms with Crippen LogP contribution in [0.2, 0.25) is 0 Å². The summed E-state index contributed by atoms with van der Waals surface area (Å²) < 4.78 is 5.26. The number of hydrogen-bond donors (Lipinski definition) is 0. The van der Waals surface area contributed by atoms with Gasteiger partial charge in [0.05, 0.1) is 7.11 Å². The fraction of sp³-hybridized carbons (Fsp3) is 0.667. The molecule has 2 saturated carbocycles. The number of carbonyl (C=O) groups excluding carboxylic acids is 1. The molecule has 0 unspecified atom stereocenters. The van der Waals surface area contributed by atoms with Crippen molar-refractivity contribution in [2.75, 3.05) is 20.7 Å². The Labute approximate surface area is 145 Å². The molecule has 1 aromatic rings. The first-order chi connectivity index (χ1) is 11.7. The van der Waals surface area contributed by atoms with Crippen LogP contribution < -0.4 is 4.74 Å². The first-order valence-electron chi connectivity index (χ1n) is 9.53. The lowest BCUT2D eigenvalue weighted by atomic mass is 9.56. The lowest BCUT2D eigenvalue weighted by molar-refractivity contribution is -0.138. The van der Waals surface area contributed by atoms with Gasteiger partial charge in [0.15, 0.2) is 0 Å². The van der Waals surface area contributed by atoms with Gasteiger partial charge in [-0.2, -0.15) is 0 Å². The molecule has 0 N–H and O–H groups in total. The molecule has 1 heterocycles. The van der Waals surface area contributed by atoms with Crippen molar-refractivity contribution in [2.45, 2.75) is 44.6 Å². The van der Waals surface area contributed by atoms with Gasteiger partial charge >= 0.3 is 0 Å². The fourth-order valence-electron chi connectivity index (χ4n) is 5.78. The minimum absolute atomic E-state index is 0.231. The highest BCUT2D eigenvalue weighted by molar-refractivity contribution is 5.83. The molecule has 1 saturated heterocycles. The zero-order valence-electron chi connectivity index (χ0n) is 14.9. The van der Waals surface area contributed by atoms with Crippen molar-refractivity contribution in [1.82, 2.24) is 4.90 Å². The van der Waals surface area contributed by atoms with E-state index >= 15 is 0 Å². The molecule has 0 bridgehead atoms. The molecule has 1 aromatic carbocycles. The number of carbonyl (C=O) groups is 1. The quantitative estimate of drug-likeness (QED) is 0.850. The van der Waals surface area contributed by atoms with Gasteiger partial charge in [0.25, 0.3) is 0 Å². The van der Waals surface area contributed by atoms with Gasteiger partial charge in [-0.15, -0.1) is 0 Å². The second-order valence-electron chi connectivity index (χ2n) is 8.10. The first-order valence-corrected chi connectivity index (χ1v) is 9.53. The molecule has 0 radical (unpaired) electrons. The summed E-state index contributed by atoms with van der Waals surface area (Å²) in [6.07, 6.45) is 6.82. The van der Waals surface area contributed by atoms with E-state index in [0.717, 1.165) is 24.5 Å². The summed E-state index contributed by atoms with van der Waals surface area (Å²) in [6, 6.07) is 9.01. The van der Waals surface area contributed by atoms with Crippen LogP contribution >= 0.6 is 0 Å². The number of methoxy groups -OCH3 is 1. The van der Waals surface area contributed by atoms with Crippen molar-refractivity contribution in [3.05, 3.63) is 29.8 Å². The number of ketones is 1. The van der Waals surface area contributed by atoms with Crippen LogP contribution in [0.1, 0.15) is 37.7 Å². The molecule has 24 heavy (non-hydrogen) atoms. The standard InChI is InChI=1S/C21H29NO2/c1-22-11-10-15-13-20(23)18(17-4-3-5-19(22)21(15)17)12-14-6-8-16(24-2)9-7-14/h6-9,15,17-19,21H,3-5,10-13H2,1-2H3/t15-,17+,18+,19+,21+/m0/s1. The van der Waals surface area contributed by atoms with Gasteiger partial charge in [-0.25, -0.2) is 0 Å². The Morgan fingerprint density at radius 2 is 1.96 bits per heavy atom. The number of Topliss-reactive ketones (excluding diaryl/α,β-unsaturated/α-hetero) is 1. The minimum Gasteiger partial charge on any atom is -0.497 e. The van der Waals surface area contributed by atoms with Crippen molar-refractivity contribution in [3.8, 4) is 5.75 Å². The molecule has 0 aromatic heterocycles. The van der Waals surface area contributed by atoms with E-state index in [-0.39, 0.29) is 5.92 Å². The van der Waals surface area contributed by atoms with E-state index < -0.39 is 0 Å². The van der Waals surface area contributed by atoms with Crippen LogP contribution in [0.5, 0.6) is 5.75 Å². The summed E-state index contributed by atoms with van der Waals surface area (Å²) >= 11 is 0.